The van der Waals surface area contributed by atoms with Gasteiger partial charge in [-0.2, -0.15) is 4.39 Å². The second-order valence-corrected chi connectivity index (χ2v) is 6.93. The van der Waals surface area contributed by atoms with Crippen molar-refractivity contribution in [3.8, 4) is 0 Å². The molecule has 0 saturated carbocycles. The van der Waals surface area contributed by atoms with Crippen molar-refractivity contribution in [2.75, 3.05) is 0 Å². The number of nitrogens with zero attached hydrogens (tertiary/aromatic N) is 2. The summed E-state index contributed by atoms with van der Waals surface area (Å²) in [7, 11) is 0. The number of aromatic amines is 1. The van der Waals surface area contributed by atoms with Gasteiger partial charge in [-0.3, -0.25) is 4.79 Å². The molecule has 0 saturated heterocycles. The van der Waals surface area contributed by atoms with E-state index in [9.17, 15) is 13.6 Å². The maximum absolute atomic E-state index is 13.5. The summed E-state index contributed by atoms with van der Waals surface area (Å²) in [5, 5.41) is 3.33. The number of pyridine rings is 2. The van der Waals surface area contributed by atoms with Crippen LogP contribution in [0.25, 0.3) is 0 Å². The van der Waals surface area contributed by atoms with Crippen LogP contribution in [0.5, 0.6) is 0 Å². The fourth-order valence-electron chi connectivity index (χ4n) is 3.45. The Morgan fingerprint density at radius 3 is 2.39 bits per heavy atom. The van der Waals surface area contributed by atoms with E-state index in [1.165, 1.54) is 30.5 Å². The molecule has 0 unspecified atom stereocenters. The Bertz CT molecular complexity index is 1060. The molecule has 3 heterocycles. The Labute approximate surface area is 164 Å². The summed E-state index contributed by atoms with van der Waals surface area (Å²) in [6.45, 7) is 1.90. The van der Waals surface area contributed by atoms with E-state index in [2.05, 4.69) is 15.3 Å². The fourth-order valence-corrected chi connectivity index (χ4v) is 3.56. The summed E-state index contributed by atoms with van der Waals surface area (Å²) in [6, 6.07) is 11.7. The monoisotopic (exact) mass is 400 g/mol. The molecule has 1 aromatic carbocycles. The Morgan fingerprint density at radius 2 is 1.75 bits per heavy atom. The number of hydrogen-bond donors (Lipinski definition) is 2. The zero-order chi connectivity index (χ0) is 19.9. The van der Waals surface area contributed by atoms with Crippen LogP contribution in [0.4, 0.5) is 8.78 Å². The van der Waals surface area contributed by atoms with Crippen molar-refractivity contribution in [2.24, 2.45) is 4.99 Å². The molecule has 2 atom stereocenters. The maximum Gasteiger partial charge on any atom is 0.267 e. The first kappa shape index (κ1) is 18.3. The molecule has 0 amide bonds. The summed E-state index contributed by atoms with van der Waals surface area (Å²) < 4.78 is 26.9. The molecule has 0 spiro atoms. The molecule has 3 aromatic rings. The van der Waals surface area contributed by atoms with Gasteiger partial charge in [0, 0.05) is 11.8 Å². The third kappa shape index (κ3) is 2.97. The molecular weight excluding hydrogens is 386 g/mol. The number of benzene rings is 1. The highest BCUT2D eigenvalue weighted by molar-refractivity contribution is 6.30. The van der Waals surface area contributed by atoms with Gasteiger partial charge in [0.15, 0.2) is 0 Å². The third-order valence-corrected chi connectivity index (χ3v) is 5.13. The molecule has 28 heavy (non-hydrogen) atoms. The lowest BCUT2D eigenvalue weighted by molar-refractivity contribution is 0.449. The minimum Gasteiger partial charge on any atom is -0.363 e. The van der Waals surface area contributed by atoms with Gasteiger partial charge in [0.2, 0.25) is 5.95 Å². The van der Waals surface area contributed by atoms with Crippen LogP contribution in [-0.2, 0) is 5.54 Å². The quantitative estimate of drug-likeness (QED) is 0.662. The number of aromatic nitrogens is 2. The first-order chi connectivity index (χ1) is 13.4. The Kier molecular flexibility index (Phi) is 4.47. The maximum atomic E-state index is 13.5. The van der Waals surface area contributed by atoms with Gasteiger partial charge in [-0.25, -0.2) is 14.4 Å². The molecule has 5 nitrogen and oxygen atoms in total. The van der Waals surface area contributed by atoms with Gasteiger partial charge >= 0.3 is 0 Å². The van der Waals surface area contributed by atoms with Gasteiger partial charge in [0.1, 0.15) is 22.2 Å². The van der Waals surface area contributed by atoms with E-state index in [0.29, 0.717) is 22.7 Å². The van der Waals surface area contributed by atoms with Crippen molar-refractivity contribution < 1.29 is 8.78 Å². The van der Waals surface area contributed by atoms with E-state index < -0.39 is 17.0 Å². The van der Waals surface area contributed by atoms with Crippen LogP contribution in [0, 0.1) is 11.8 Å². The summed E-state index contributed by atoms with van der Waals surface area (Å²) >= 11 is 5.81. The molecule has 0 bridgehead atoms. The molecule has 0 aliphatic carbocycles. The summed E-state index contributed by atoms with van der Waals surface area (Å²) in [5.74, 6) is -0.543. The van der Waals surface area contributed by atoms with Crippen LogP contribution < -0.4 is 10.9 Å². The van der Waals surface area contributed by atoms with E-state index in [-0.39, 0.29) is 16.9 Å². The van der Waals surface area contributed by atoms with Gasteiger partial charge in [0.05, 0.1) is 11.7 Å². The van der Waals surface area contributed by atoms with Crippen LogP contribution >= 0.6 is 11.6 Å². The average Bonchev–Trinajstić information content (AvgIpc) is 3.03. The lowest BCUT2D eigenvalue weighted by atomic mass is 9.79. The summed E-state index contributed by atoms with van der Waals surface area (Å²) in [5.41, 5.74) is 0.375. The standard InChI is InChI=1S/C20H15ClF2N4O/c1-11-20(12-2-5-14(22)6-3-12,13-4-9-17(23)24-10-13)27-18(25-11)16-8-7-15(21)19(28)26-16/h2-11H,1H3,(H,25,27)(H,26,28)/t11-,20+/m0/s1. The second kappa shape index (κ2) is 6.83. The first-order valence-corrected chi connectivity index (χ1v) is 8.91. The lowest BCUT2D eigenvalue weighted by Gasteiger charge is -2.31. The topological polar surface area (TPSA) is 70.1 Å². The van der Waals surface area contributed by atoms with E-state index in [0.717, 1.165) is 0 Å². The highest BCUT2D eigenvalue weighted by Crippen LogP contribution is 2.40. The first-order valence-electron chi connectivity index (χ1n) is 8.54. The van der Waals surface area contributed by atoms with E-state index in [1.807, 2.05) is 6.92 Å². The lowest BCUT2D eigenvalue weighted by Crippen LogP contribution is -2.41. The van der Waals surface area contributed by atoms with Crippen molar-refractivity contribution in [2.45, 2.75) is 18.5 Å². The molecule has 142 valence electrons. The average molecular weight is 401 g/mol. The van der Waals surface area contributed by atoms with Crippen molar-refractivity contribution in [3.05, 3.63) is 98.7 Å². The Morgan fingerprint density at radius 1 is 1.04 bits per heavy atom. The molecule has 1 aliphatic heterocycles. The predicted octanol–water partition coefficient (Wildman–Crippen LogP) is 3.38. The fraction of sp³-hybridized carbons (Fsp3) is 0.150. The van der Waals surface area contributed by atoms with Crippen molar-refractivity contribution >= 4 is 17.4 Å². The summed E-state index contributed by atoms with van der Waals surface area (Å²) in [4.78, 5) is 23.2. The van der Waals surface area contributed by atoms with Gasteiger partial charge < -0.3 is 10.3 Å². The smallest absolute Gasteiger partial charge is 0.267 e. The minimum atomic E-state index is -0.986. The molecule has 1 aliphatic rings. The molecule has 8 heteroatoms. The number of amidine groups is 1. The Balaban J connectivity index is 1.93. The molecular formula is C20H15ClF2N4O. The number of hydrogen-bond acceptors (Lipinski definition) is 4. The molecule has 2 aromatic heterocycles. The van der Waals surface area contributed by atoms with Crippen molar-refractivity contribution in [1.82, 2.24) is 15.3 Å². The molecule has 0 radical (unpaired) electrons. The Hall–Kier alpha value is -3.06. The van der Waals surface area contributed by atoms with E-state index in [4.69, 9.17) is 16.6 Å². The van der Waals surface area contributed by atoms with E-state index in [1.54, 1.807) is 24.3 Å². The molecule has 0 fully saturated rings. The number of rotatable bonds is 3. The van der Waals surface area contributed by atoms with Crippen molar-refractivity contribution in [1.29, 1.82) is 0 Å². The molecule has 2 N–H and O–H groups in total. The van der Waals surface area contributed by atoms with Crippen LogP contribution in [0.2, 0.25) is 5.02 Å². The van der Waals surface area contributed by atoms with Gasteiger partial charge in [-0.05, 0) is 42.8 Å². The minimum absolute atomic E-state index is 0.0722. The zero-order valence-corrected chi connectivity index (χ0v) is 15.5. The SMILES string of the molecule is C[C@@H]1NC(c2ccc(Cl)c(=O)[nH]2)=N[C@]1(c1ccc(F)cc1)c1ccc(F)nc1. The zero-order valence-electron chi connectivity index (χ0n) is 14.7. The van der Waals surface area contributed by atoms with Crippen LogP contribution in [0.1, 0.15) is 23.7 Å². The largest absolute Gasteiger partial charge is 0.363 e. The van der Waals surface area contributed by atoms with Gasteiger partial charge in [-0.15, -0.1) is 0 Å². The van der Waals surface area contributed by atoms with Crippen LogP contribution in [0.15, 0.2) is 64.5 Å². The normalized spacial score (nSPS) is 21.3. The third-order valence-electron chi connectivity index (χ3n) is 4.84. The van der Waals surface area contributed by atoms with Gasteiger partial charge in [0.25, 0.3) is 5.56 Å². The number of H-pyrrole nitrogens is 1. The van der Waals surface area contributed by atoms with Crippen LogP contribution in [0.3, 0.4) is 0 Å². The summed E-state index contributed by atoms with van der Waals surface area (Å²) in [6.07, 6.45) is 1.41. The van der Waals surface area contributed by atoms with E-state index >= 15 is 0 Å². The van der Waals surface area contributed by atoms with Crippen LogP contribution in [-0.4, -0.2) is 21.8 Å². The molecule has 4 rings (SSSR count). The predicted molar refractivity (Wildman–Crippen MR) is 103 cm³/mol. The van der Waals surface area contributed by atoms with Gasteiger partial charge in [-0.1, -0.05) is 29.8 Å². The number of halogens is 3. The number of aliphatic imine (C=N–C) groups is 1. The van der Waals surface area contributed by atoms with Crippen molar-refractivity contribution in [3.63, 3.8) is 0 Å². The second-order valence-electron chi connectivity index (χ2n) is 6.52. The highest BCUT2D eigenvalue weighted by atomic mass is 35.5. The number of nitrogens with one attached hydrogen (secondary N) is 2. The highest BCUT2D eigenvalue weighted by Gasteiger charge is 2.45.